The van der Waals surface area contributed by atoms with Crippen LogP contribution in [-0.2, 0) is 0 Å². The number of aliphatic hydroxyl groups is 1. The number of halogens is 2. The SMILES string of the molecule is Cc1cccc2c(C3CCN(C(CO)C4CCN(c5ncc(-c6ccc(F)c(Cl)c6)o5)CC4)CC3)c[nH]c12. The summed E-state index contributed by atoms with van der Waals surface area (Å²) in [6, 6.07) is 11.8. The van der Waals surface area contributed by atoms with E-state index >= 15 is 0 Å². The fourth-order valence-electron chi connectivity index (χ4n) is 6.44. The molecular formula is C30H34ClFN4O2. The maximum atomic E-state index is 13.5. The zero-order valence-corrected chi connectivity index (χ0v) is 22.4. The summed E-state index contributed by atoms with van der Waals surface area (Å²) in [5, 5.41) is 11.8. The third kappa shape index (κ3) is 4.83. The summed E-state index contributed by atoms with van der Waals surface area (Å²) in [5.74, 6) is 1.12. The highest BCUT2D eigenvalue weighted by atomic mass is 35.5. The normalized spacial score (nSPS) is 18.9. The van der Waals surface area contributed by atoms with Crippen molar-refractivity contribution in [3.05, 3.63) is 70.8 Å². The van der Waals surface area contributed by atoms with Crippen LogP contribution in [0, 0.1) is 18.7 Å². The summed E-state index contributed by atoms with van der Waals surface area (Å²) in [7, 11) is 0. The van der Waals surface area contributed by atoms with E-state index in [-0.39, 0.29) is 17.7 Å². The highest BCUT2D eigenvalue weighted by Gasteiger charge is 2.34. The first-order valence-electron chi connectivity index (χ1n) is 13.6. The number of aromatic amines is 1. The average Bonchev–Trinajstić information content (AvgIpc) is 3.61. The molecule has 0 spiro atoms. The Kier molecular flexibility index (Phi) is 7.16. The van der Waals surface area contributed by atoms with Crippen LogP contribution >= 0.6 is 11.6 Å². The molecule has 0 radical (unpaired) electrons. The number of para-hydroxylation sites is 1. The highest BCUT2D eigenvalue weighted by Crippen LogP contribution is 2.36. The van der Waals surface area contributed by atoms with Crippen LogP contribution in [0.4, 0.5) is 10.4 Å². The third-order valence-electron chi connectivity index (χ3n) is 8.63. The van der Waals surface area contributed by atoms with Gasteiger partial charge in [0.15, 0.2) is 5.76 Å². The summed E-state index contributed by atoms with van der Waals surface area (Å²) in [4.78, 5) is 12.6. The van der Waals surface area contributed by atoms with E-state index in [0.29, 0.717) is 29.2 Å². The standard InChI is InChI=1S/C30H34ClFN4O2/c1-19-3-2-4-23-24(16-33-29(19)23)20-7-11-35(12-8-20)27(18-37)21-9-13-36(14-10-21)30-34-17-28(38-30)22-5-6-26(32)25(31)15-22/h2-6,15-17,20-21,27,33,37H,7-14,18H2,1H3. The number of fused-ring (bicyclic) bond motifs is 1. The number of anilines is 1. The zero-order valence-electron chi connectivity index (χ0n) is 21.7. The highest BCUT2D eigenvalue weighted by molar-refractivity contribution is 6.31. The molecular weight excluding hydrogens is 503 g/mol. The monoisotopic (exact) mass is 536 g/mol. The molecule has 6 nitrogen and oxygen atoms in total. The Balaban J connectivity index is 1.05. The lowest BCUT2D eigenvalue weighted by Crippen LogP contribution is -2.50. The second-order valence-electron chi connectivity index (χ2n) is 10.8. The molecule has 2 aliphatic heterocycles. The molecule has 1 unspecified atom stereocenters. The fraction of sp³-hybridized carbons (Fsp3) is 0.433. The van der Waals surface area contributed by atoms with Gasteiger partial charge in [-0.05, 0) is 86.9 Å². The van der Waals surface area contributed by atoms with E-state index < -0.39 is 5.82 Å². The molecule has 2 aliphatic rings. The molecule has 2 saturated heterocycles. The fourth-order valence-corrected chi connectivity index (χ4v) is 6.62. The van der Waals surface area contributed by atoms with Crippen molar-refractivity contribution in [3.63, 3.8) is 0 Å². The van der Waals surface area contributed by atoms with E-state index in [1.165, 1.54) is 28.1 Å². The Bertz CT molecular complexity index is 1400. The number of oxazole rings is 1. The van der Waals surface area contributed by atoms with Crippen molar-refractivity contribution in [1.29, 1.82) is 0 Å². The van der Waals surface area contributed by atoms with Gasteiger partial charge in [0.05, 0.1) is 17.8 Å². The van der Waals surface area contributed by atoms with Gasteiger partial charge >= 0.3 is 0 Å². The smallest absolute Gasteiger partial charge is 0.297 e. The van der Waals surface area contributed by atoms with Gasteiger partial charge in [-0.15, -0.1) is 0 Å². The second kappa shape index (κ2) is 10.7. The molecule has 2 aromatic carbocycles. The molecule has 0 bridgehead atoms. The van der Waals surface area contributed by atoms with E-state index in [1.807, 2.05) is 0 Å². The first-order valence-corrected chi connectivity index (χ1v) is 14.0. The van der Waals surface area contributed by atoms with Gasteiger partial charge in [-0.2, -0.15) is 0 Å². The molecule has 2 aromatic heterocycles. The number of nitrogens with zero attached hydrogens (tertiary/aromatic N) is 3. The van der Waals surface area contributed by atoms with E-state index in [4.69, 9.17) is 16.0 Å². The van der Waals surface area contributed by atoms with Crippen LogP contribution in [0.2, 0.25) is 5.02 Å². The molecule has 38 heavy (non-hydrogen) atoms. The minimum atomic E-state index is -0.451. The number of piperidine rings is 2. The molecule has 2 N–H and O–H groups in total. The van der Waals surface area contributed by atoms with E-state index in [0.717, 1.165) is 51.9 Å². The summed E-state index contributed by atoms with van der Waals surface area (Å²) in [5.41, 5.74) is 4.69. The van der Waals surface area contributed by atoms with E-state index in [9.17, 15) is 9.50 Å². The third-order valence-corrected chi connectivity index (χ3v) is 8.92. The summed E-state index contributed by atoms with van der Waals surface area (Å²) in [6.45, 7) is 6.03. The zero-order chi connectivity index (χ0) is 26.2. The Morgan fingerprint density at radius 3 is 2.66 bits per heavy atom. The number of hydrogen-bond donors (Lipinski definition) is 2. The Morgan fingerprint density at radius 2 is 1.92 bits per heavy atom. The number of aliphatic hydroxyl groups excluding tert-OH is 1. The minimum absolute atomic E-state index is 0.0666. The largest absolute Gasteiger partial charge is 0.423 e. The van der Waals surface area contributed by atoms with Gasteiger partial charge in [0.25, 0.3) is 6.01 Å². The number of aromatic nitrogens is 2. The molecule has 6 rings (SSSR count). The molecule has 4 heterocycles. The second-order valence-corrected chi connectivity index (χ2v) is 11.2. The number of nitrogens with one attached hydrogen (secondary N) is 1. The summed E-state index contributed by atoms with van der Waals surface area (Å²) >= 11 is 5.93. The van der Waals surface area contributed by atoms with Gasteiger partial charge in [0.1, 0.15) is 5.82 Å². The number of rotatable bonds is 6. The number of H-pyrrole nitrogens is 1. The van der Waals surface area contributed by atoms with Crippen molar-refractivity contribution in [2.24, 2.45) is 5.92 Å². The quantitative estimate of drug-likeness (QED) is 0.299. The van der Waals surface area contributed by atoms with Gasteiger partial charge in [-0.25, -0.2) is 9.37 Å². The Morgan fingerprint density at radius 1 is 1.13 bits per heavy atom. The predicted molar refractivity (Wildman–Crippen MR) is 149 cm³/mol. The van der Waals surface area contributed by atoms with E-state index in [1.54, 1.807) is 18.3 Å². The molecule has 2 fully saturated rings. The van der Waals surface area contributed by atoms with Crippen LogP contribution in [-0.4, -0.2) is 58.8 Å². The Hall–Kier alpha value is -2.87. The lowest BCUT2D eigenvalue weighted by atomic mass is 9.84. The van der Waals surface area contributed by atoms with E-state index in [2.05, 4.69) is 51.1 Å². The predicted octanol–water partition coefficient (Wildman–Crippen LogP) is 6.38. The van der Waals surface area contributed by atoms with Crippen LogP contribution in [0.3, 0.4) is 0 Å². The lowest BCUT2D eigenvalue weighted by molar-refractivity contribution is 0.0515. The number of aryl methyl sites for hydroxylation is 1. The van der Waals surface area contributed by atoms with Crippen LogP contribution < -0.4 is 4.90 Å². The van der Waals surface area contributed by atoms with Crippen LogP contribution in [0.25, 0.3) is 22.2 Å². The van der Waals surface area contributed by atoms with Crippen molar-refractivity contribution in [2.75, 3.05) is 37.7 Å². The average molecular weight is 537 g/mol. The first kappa shape index (κ1) is 25.4. The Labute approximate surface area is 227 Å². The molecule has 1 atom stereocenters. The van der Waals surface area contributed by atoms with Gasteiger partial charge in [0.2, 0.25) is 0 Å². The topological polar surface area (TPSA) is 68.5 Å². The lowest BCUT2D eigenvalue weighted by Gasteiger charge is -2.43. The molecule has 4 aromatic rings. The maximum Gasteiger partial charge on any atom is 0.297 e. The number of benzene rings is 2. The number of likely N-dealkylation sites (tertiary alicyclic amines) is 1. The molecule has 0 saturated carbocycles. The van der Waals surface area contributed by atoms with Gasteiger partial charge in [0, 0.05) is 41.8 Å². The van der Waals surface area contributed by atoms with Crippen molar-refractivity contribution >= 4 is 28.5 Å². The van der Waals surface area contributed by atoms with Crippen molar-refractivity contribution in [3.8, 4) is 11.3 Å². The maximum absolute atomic E-state index is 13.5. The molecule has 200 valence electrons. The first-order chi connectivity index (χ1) is 18.5. The summed E-state index contributed by atoms with van der Waals surface area (Å²) < 4.78 is 19.5. The molecule has 0 amide bonds. The van der Waals surface area contributed by atoms with Gasteiger partial charge < -0.3 is 19.4 Å². The molecule has 8 heteroatoms. The van der Waals surface area contributed by atoms with Gasteiger partial charge in [-0.1, -0.05) is 29.8 Å². The number of hydrogen-bond acceptors (Lipinski definition) is 5. The van der Waals surface area contributed by atoms with Gasteiger partial charge in [-0.3, -0.25) is 4.90 Å². The summed E-state index contributed by atoms with van der Waals surface area (Å²) in [6.07, 6.45) is 8.06. The minimum Gasteiger partial charge on any atom is -0.423 e. The van der Waals surface area contributed by atoms with Crippen molar-refractivity contribution in [1.82, 2.24) is 14.9 Å². The van der Waals surface area contributed by atoms with Crippen LogP contribution in [0.5, 0.6) is 0 Å². The molecule has 0 aliphatic carbocycles. The van der Waals surface area contributed by atoms with Crippen molar-refractivity contribution < 1.29 is 13.9 Å². The van der Waals surface area contributed by atoms with Crippen LogP contribution in [0.1, 0.15) is 42.7 Å². The van der Waals surface area contributed by atoms with Crippen LogP contribution in [0.15, 0.2) is 53.2 Å². The van der Waals surface area contributed by atoms with Crippen molar-refractivity contribution in [2.45, 2.75) is 44.6 Å².